The largest absolute Gasteiger partial charge is 0.293 e. The highest BCUT2D eigenvalue weighted by atomic mass is 35.5. The van der Waals surface area contributed by atoms with E-state index in [-0.39, 0.29) is 17.1 Å². The van der Waals surface area contributed by atoms with Gasteiger partial charge < -0.3 is 0 Å². The lowest BCUT2D eigenvalue weighted by Crippen LogP contribution is -2.40. The number of benzene rings is 1. The Labute approximate surface area is 111 Å². The second-order valence-electron chi connectivity index (χ2n) is 4.08. The zero-order valence-corrected chi connectivity index (χ0v) is 11.5. The number of nitrogens with two attached hydrogens (primary N) is 1. The van der Waals surface area contributed by atoms with Gasteiger partial charge >= 0.3 is 0 Å². The number of carbonyl (C=O) groups is 1. The van der Waals surface area contributed by atoms with Gasteiger partial charge in [0.2, 0.25) is 5.91 Å². The summed E-state index contributed by atoms with van der Waals surface area (Å²) in [7, 11) is 0. The zero-order chi connectivity index (χ0) is 12.8. The summed E-state index contributed by atoms with van der Waals surface area (Å²) in [5.74, 6) is 5.96. The lowest BCUT2D eigenvalue weighted by molar-refractivity contribution is -0.121. The minimum Gasteiger partial charge on any atom is -0.293 e. The average Bonchev–Trinajstić information content (AvgIpc) is 2.30. The Morgan fingerprint density at radius 1 is 1.47 bits per heavy atom. The summed E-state index contributed by atoms with van der Waals surface area (Å²) in [6.45, 7) is 4.00. The maximum atomic E-state index is 11.6. The number of amides is 1. The molecule has 0 aliphatic heterocycles. The molecule has 1 aromatic carbocycles. The van der Waals surface area contributed by atoms with Crippen LogP contribution < -0.4 is 11.3 Å². The first-order valence-electron chi connectivity index (χ1n) is 5.41. The van der Waals surface area contributed by atoms with Crippen molar-refractivity contribution in [3.63, 3.8) is 0 Å². The topological polar surface area (TPSA) is 55.1 Å². The van der Waals surface area contributed by atoms with Crippen LogP contribution in [0, 0.1) is 5.92 Å². The number of hydrogen-bond donors (Lipinski definition) is 2. The Kier molecular flexibility index (Phi) is 5.82. The van der Waals surface area contributed by atoms with Crippen molar-refractivity contribution in [3.8, 4) is 0 Å². The lowest BCUT2D eigenvalue weighted by atomic mass is 10.1. The van der Waals surface area contributed by atoms with Crippen molar-refractivity contribution >= 4 is 29.3 Å². The van der Waals surface area contributed by atoms with Gasteiger partial charge in [-0.15, -0.1) is 11.8 Å². The van der Waals surface area contributed by atoms with Gasteiger partial charge in [0.25, 0.3) is 0 Å². The van der Waals surface area contributed by atoms with Gasteiger partial charge in [0, 0.05) is 10.8 Å². The van der Waals surface area contributed by atoms with Gasteiger partial charge in [-0.1, -0.05) is 43.6 Å². The van der Waals surface area contributed by atoms with Crippen LogP contribution >= 0.6 is 23.4 Å². The predicted octanol–water partition coefficient (Wildman–Crippen LogP) is 2.59. The van der Waals surface area contributed by atoms with E-state index < -0.39 is 0 Å². The lowest BCUT2D eigenvalue weighted by Gasteiger charge is -2.18. The summed E-state index contributed by atoms with van der Waals surface area (Å²) in [6, 6.07) is 7.65. The minimum absolute atomic E-state index is 0.142. The molecule has 5 heteroatoms. The summed E-state index contributed by atoms with van der Waals surface area (Å²) >= 11 is 7.62. The molecule has 0 saturated heterocycles. The number of thioether (sulfide) groups is 1. The Morgan fingerprint density at radius 3 is 2.65 bits per heavy atom. The first kappa shape index (κ1) is 14.4. The van der Waals surface area contributed by atoms with Crippen LogP contribution in [0.4, 0.5) is 0 Å². The van der Waals surface area contributed by atoms with Gasteiger partial charge in [-0.25, -0.2) is 5.84 Å². The van der Waals surface area contributed by atoms with Crippen LogP contribution in [0.1, 0.15) is 19.4 Å². The van der Waals surface area contributed by atoms with E-state index in [1.807, 2.05) is 38.1 Å². The van der Waals surface area contributed by atoms with Gasteiger partial charge in [-0.3, -0.25) is 10.2 Å². The number of rotatable bonds is 5. The summed E-state index contributed by atoms with van der Waals surface area (Å²) in [5.41, 5.74) is 3.24. The monoisotopic (exact) mass is 272 g/mol. The van der Waals surface area contributed by atoms with Crippen LogP contribution in [0.15, 0.2) is 24.3 Å². The standard InChI is InChI=1S/C12H17ClN2OS/c1-8(2)11(12(16)15-14)17-7-9-5-3-4-6-10(9)13/h3-6,8,11H,7,14H2,1-2H3,(H,15,16). The third-order valence-electron chi connectivity index (χ3n) is 2.38. The third-order valence-corrected chi connectivity index (χ3v) is 4.35. The molecule has 0 spiro atoms. The predicted molar refractivity (Wildman–Crippen MR) is 73.7 cm³/mol. The van der Waals surface area contributed by atoms with Crippen molar-refractivity contribution in [3.05, 3.63) is 34.9 Å². The van der Waals surface area contributed by atoms with Crippen molar-refractivity contribution in [2.45, 2.75) is 24.9 Å². The summed E-state index contributed by atoms with van der Waals surface area (Å²) in [6.07, 6.45) is 0. The van der Waals surface area contributed by atoms with E-state index in [1.165, 1.54) is 0 Å². The molecule has 1 rings (SSSR count). The SMILES string of the molecule is CC(C)C(SCc1ccccc1Cl)C(=O)NN. The summed E-state index contributed by atoms with van der Waals surface area (Å²) < 4.78 is 0. The number of halogens is 1. The summed E-state index contributed by atoms with van der Waals surface area (Å²) in [4.78, 5) is 11.6. The molecular formula is C12H17ClN2OS. The second kappa shape index (κ2) is 6.89. The number of carbonyl (C=O) groups excluding carboxylic acids is 1. The van der Waals surface area contributed by atoms with Crippen LogP contribution in [0.25, 0.3) is 0 Å². The molecule has 3 nitrogen and oxygen atoms in total. The van der Waals surface area contributed by atoms with Crippen LogP contribution in [0.3, 0.4) is 0 Å². The van der Waals surface area contributed by atoms with E-state index in [0.717, 1.165) is 10.6 Å². The molecule has 0 radical (unpaired) electrons. The highest BCUT2D eigenvalue weighted by molar-refractivity contribution is 7.99. The normalized spacial score (nSPS) is 12.5. The maximum absolute atomic E-state index is 11.6. The molecule has 0 aliphatic carbocycles. The maximum Gasteiger partial charge on any atom is 0.247 e. The second-order valence-corrected chi connectivity index (χ2v) is 5.61. The summed E-state index contributed by atoms with van der Waals surface area (Å²) in [5, 5.41) is 0.576. The number of nitrogens with one attached hydrogen (secondary N) is 1. The molecule has 3 N–H and O–H groups in total. The Balaban J connectivity index is 2.64. The van der Waals surface area contributed by atoms with Crippen LogP contribution in [-0.2, 0) is 10.5 Å². The first-order chi connectivity index (χ1) is 8.06. The molecule has 0 aliphatic rings. The third kappa shape index (κ3) is 4.22. The average molecular weight is 273 g/mol. The molecule has 1 amide bonds. The fourth-order valence-corrected chi connectivity index (χ4v) is 2.94. The number of hydrazine groups is 1. The van der Waals surface area contributed by atoms with E-state index in [9.17, 15) is 4.79 Å². The molecular weight excluding hydrogens is 256 g/mol. The molecule has 0 bridgehead atoms. The zero-order valence-electron chi connectivity index (χ0n) is 9.94. The number of hydrogen-bond acceptors (Lipinski definition) is 3. The van der Waals surface area contributed by atoms with Crippen LogP contribution in [0.5, 0.6) is 0 Å². The van der Waals surface area contributed by atoms with E-state index in [0.29, 0.717) is 5.75 Å². The Hall–Kier alpha value is -0.710. The van der Waals surface area contributed by atoms with Gasteiger partial charge in [-0.05, 0) is 17.5 Å². The molecule has 0 heterocycles. The van der Waals surface area contributed by atoms with Crippen molar-refractivity contribution < 1.29 is 4.79 Å². The molecule has 0 fully saturated rings. The molecule has 0 saturated carbocycles. The van der Waals surface area contributed by atoms with Crippen LogP contribution in [0.2, 0.25) is 5.02 Å². The molecule has 17 heavy (non-hydrogen) atoms. The first-order valence-corrected chi connectivity index (χ1v) is 6.84. The Bertz CT molecular complexity index is 385. The Morgan fingerprint density at radius 2 is 2.12 bits per heavy atom. The van der Waals surface area contributed by atoms with Gasteiger partial charge in [0.05, 0.1) is 5.25 Å². The van der Waals surface area contributed by atoms with E-state index >= 15 is 0 Å². The van der Waals surface area contributed by atoms with Crippen LogP contribution in [-0.4, -0.2) is 11.2 Å². The molecule has 94 valence electrons. The van der Waals surface area contributed by atoms with Crippen molar-refractivity contribution in [2.24, 2.45) is 11.8 Å². The fraction of sp³-hybridized carbons (Fsp3) is 0.417. The van der Waals surface area contributed by atoms with E-state index in [1.54, 1.807) is 11.8 Å². The van der Waals surface area contributed by atoms with Crippen molar-refractivity contribution in [1.82, 2.24) is 5.43 Å². The molecule has 1 aromatic rings. The quantitative estimate of drug-likeness (QED) is 0.492. The molecule has 1 unspecified atom stereocenters. The van der Waals surface area contributed by atoms with E-state index in [2.05, 4.69) is 5.43 Å². The van der Waals surface area contributed by atoms with Gasteiger partial charge in [-0.2, -0.15) is 0 Å². The molecule has 0 aromatic heterocycles. The minimum atomic E-state index is -0.156. The van der Waals surface area contributed by atoms with E-state index in [4.69, 9.17) is 17.4 Å². The van der Waals surface area contributed by atoms with Gasteiger partial charge in [0.15, 0.2) is 0 Å². The highest BCUT2D eigenvalue weighted by Gasteiger charge is 2.22. The fourth-order valence-electron chi connectivity index (χ4n) is 1.45. The highest BCUT2D eigenvalue weighted by Crippen LogP contribution is 2.27. The smallest absolute Gasteiger partial charge is 0.247 e. The molecule has 1 atom stereocenters. The van der Waals surface area contributed by atoms with Gasteiger partial charge in [0.1, 0.15) is 0 Å². The van der Waals surface area contributed by atoms with Crippen molar-refractivity contribution in [2.75, 3.05) is 0 Å². The van der Waals surface area contributed by atoms with Crippen molar-refractivity contribution in [1.29, 1.82) is 0 Å².